The number of nitrogens with one attached hydrogen (secondary N) is 2. The van der Waals surface area contributed by atoms with E-state index >= 15 is 0 Å². The number of nitriles is 1. The summed E-state index contributed by atoms with van der Waals surface area (Å²) in [6.45, 7) is 7.76. The van der Waals surface area contributed by atoms with E-state index in [2.05, 4.69) is 52.3 Å². The average molecular weight is 427 g/mol. The number of nitrogens with zero attached hydrogens (tertiary/aromatic N) is 4. The van der Waals surface area contributed by atoms with Crippen LogP contribution >= 0.6 is 0 Å². The third-order valence-electron chi connectivity index (χ3n) is 7.91. The molecule has 3 N–H and O–H groups in total. The van der Waals surface area contributed by atoms with Crippen LogP contribution in [-0.4, -0.2) is 40.4 Å². The second-order valence-electron chi connectivity index (χ2n) is 10.0. The number of fused-ring (bicyclic) bond motifs is 1. The predicted molar refractivity (Wildman–Crippen MR) is 124 cm³/mol. The Labute approximate surface area is 186 Å². The van der Waals surface area contributed by atoms with E-state index in [-0.39, 0.29) is 24.5 Å². The highest BCUT2D eigenvalue weighted by atomic mass is 16.3. The van der Waals surface area contributed by atoms with Crippen molar-refractivity contribution >= 4 is 17.3 Å². The van der Waals surface area contributed by atoms with Crippen LogP contribution in [0.3, 0.4) is 0 Å². The molecule has 2 fully saturated rings. The van der Waals surface area contributed by atoms with Crippen molar-refractivity contribution in [2.24, 2.45) is 23.7 Å². The molecule has 0 bridgehead atoms. The maximum absolute atomic E-state index is 10.1. The Morgan fingerprint density at radius 3 is 2.55 bits per heavy atom. The van der Waals surface area contributed by atoms with Gasteiger partial charge in [-0.15, -0.1) is 0 Å². The highest BCUT2D eigenvalue weighted by molar-refractivity contribution is 5.83. The Hall–Kier alpha value is -2.07. The van der Waals surface area contributed by atoms with E-state index < -0.39 is 0 Å². The van der Waals surface area contributed by atoms with Gasteiger partial charge in [0.2, 0.25) is 5.82 Å². The zero-order chi connectivity index (χ0) is 22.0. The van der Waals surface area contributed by atoms with Crippen LogP contribution in [-0.2, 0) is 0 Å². The molecule has 3 aliphatic rings. The lowest BCUT2D eigenvalue weighted by molar-refractivity contribution is 0.200. The lowest BCUT2D eigenvalue weighted by atomic mass is 9.80. The lowest BCUT2D eigenvalue weighted by Crippen LogP contribution is -2.46. The minimum atomic E-state index is -0.0212. The van der Waals surface area contributed by atoms with Crippen molar-refractivity contribution in [1.82, 2.24) is 9.97 Å². The molecule has 170 valence electrons. The van der Waals surface area contributed by atoms with Gasteiger partial charge < -0.3 is 20.6 Å². The van der Waals surface area contributed by atoms with Gasteiger partial charge in [0.15, 0.2) is 11.6 Å². The number of hydrogen-bond acceptors (Lipinski definition) is 7. The van der Waals surface area contributed by atoms with Crippen LogP contribution in [0.2, 0.25) is 0 Å². The predicted octanol–water partition coefficient (Wildman–Crippen LogP) is 4.35. The molecule has 0 amide bonds. The Kier molecular flexibility index (Phi) is 6.86. The summed E-state index contributed by atoms with van der Waals surface area (Å²) in [5, 5.41) is 26.8. The third-order valence-corrected chi connectivity index (χ3v) is 7.91. The van der Waals surface area contributed by atoms with Crippen molar-refractivity contribution in [2.75, 3.05) is 28.7 Å². The summed E-state index contributed by atoms with van der Waals surface area (Å²) < 4.78 is 0. The number of aliphatic hydroxyl groups excluding tert-OH is 1. The fraction of sp³-hybridized carbons (Fsp3) is 0.792. The molecule has 1 aromatic rings. The van der Waals surface area contributed by atoms with Crippen molar-refractivity contribution in [2.45, 2.75) is 84.3 Å². The van der Waals surface area contributed by atoms with E-state index in [0.717, 1.165) is 36.2 Å². The zero-order valence-electron chi connectivity index (χ0n) is 19.3. The van der Waals surface area contributed by atoms with Crippen LogP contribution in [0.15, 0.2) is 0 Å². The molecule has 0 spiro atoms. The molecule has 3 atom stereocenters. The molecule has 2 heterocycles. The first kappa shape index (κ1) is 22.1. The normalized spacial score (nSPS) is 27.6. The van der Waals surface area contributed by atoms with Crippen LogP contribution in [0, 0.1) is 35.0 Å². The maximum Gasteiger partial charge on any atom is 0.236 e. The van der Waals surface area contributed by atoms with Gasteiger partial charge in [-0.05, 0) is 56.8 Å². The fourth-order valence-corrected chi connectivity index (χ4v) is 5.43. The summed E-state index contributed by atoms with van der Waals surface area (Å²) in [4.78, 5) is 11.5. The molecule has 0 saturated heterocycles. The SMILES string of the molecule is CCC(CO)C1Nc2nc(C#N)nc(N[C@H](C)C3CCC3)c2N1CC1CCC(C)CC1. The minimum absolute atomic E-state index is 0.0212. The minimum Gasteiger partial charge on any atom is -0.396 e. The first-order chi connectivity index (χ1) is 15.0. The molecule has 1 aliphatic heterocycles. The van der Waals surface area contributed by atoms with Gasteiger partial charge in [-0.3, -0.25) is 0 Å². The molecule has 0 aromatic carbocycles. The standard InChI is InChI=1S/C24H38N6O/c1-4-18(14-31)24-29-23-21(30(24)13-17-10-8-15(2)9-11-17)22(27-20(12-25)28-23)26-16(3)19-6-5-7-19/h15-19,24,31H,4-11,13-14H2,1-3H3,(H2,26,27,28,29)/t15?,16-,17?,18?,24?/m1/s1. The summed E-state index contributed by atoms with van der Waals surface area (Å²) in [5.74, 6) is 3.91. The van der Waals surface area contributed by atoms with Crippen LogP contribution in [0.1, 0.15) is 78.0 Å². The van der Waals surface area contributed by atoms with Gasteiger partial charge in [0, 0.05) is 25.1 Å². The molecule has 7 heteroatoms. The van der Waals surface area contributed by atoms with E-state index in [1.54, 1.807) is 0 Å². The van der Waals surface area contributed by atoms with E-state index in [9.17, 15) is 10.4 Å². The first-order valence-electron chi connectivity index (χ1n) is 12.3. The Morgan fingerprint density at radius 1 is 1.23 bits per heavy atom. The fourth-order valence-electron chi connectivity index (χ4n) is 5.43. The molecule has 7 nitrogen and oxygen atoms in total. The van der Waals surface area contributed by atoms with Crippen molar-refractivity contribution in [3.05, 3.63) is 5.82 Å². The number of anilines is 3. The van der Waals surface area contributed by atoms with Crippen LogP contribution in [0.4, 0.5) is 17.3 Å². The molecule has 1 aromatic heterocycles. The van der Waals surface area contributed by atoms with Crippen LogP contribution in [0.5, 0.6) is 0 Å². The number of hydrogen-bond donors (Lipinski definition) is 3. The largest absolute Gasteiger partial charge is 0.396 e. The smallest absolute Gasteiger partial charge is 0.236 e. The first-order valence-corrected chi connectivity index (χ1v) is 12.3. The molecule has 2 aliphatic carbocycles. The monoisotopic (exact) mass is 426 g/mol. The molecule has 2 saturated carbocycles. The average Bonchev–Trinajstić information content (AvgIpc) is 3.07. The second kappa shape index (κ2) is 9.60. The summed E-state index contributed by atoms with van der Waals surface area (Å²) in [6, 6.07) is 2.45. The van der Waals surface area contributed by atoms with E-state index in [1.807, 2.05) is 0 Å². The van der Waals surface area contributed by atoms with E-state index in [0.29, 0.717) is 17.9 Å². The van der Waals surface area contributed by atoms with Crippen molar-refractivity contribution in [3.8, 4) is 6.07 Å². The second-order valence-corrected chi connectivity index (χ2v) is 10.0. The molecular weight excluding hydrogens is 388 g/mol. The number of aromatic nitrogens is 2. The highest BCUT2D eigenvalue weighted by Crippen LogP contribution is 2.44. The summed E-state index contributed by atoms with van der Waals surface area (Å²) in [7, 11) is 0. The van der Waals surface area contributed by atoms with Crippen molar-refractivity contribution < 1.29 is 5.11 Å². The third kappa shape index (κ3) is 4.59. The van der Waals surface area contributed by atoms with Crippen LogP contribution in [0.25, 0.3) is 0 Å². The topological polar surface area (TPSA) is 97.1 Å². The highest BCUT2D eigenvalue weighted by Gasteiger charge is 2.39. The molecule has 0 radical (unpaired) electrons. The van der Waals surface area contributed by atoms with Crippen molar-refractivity contribution in [1.29, 1.82) is 5.26 Å². The summed E-state index contributed by atoms with van der Waals surface area (Å²) in [5.41, 5.74) is 0.987. The van der Waals surface area contributed by atoms with Crippen LogP contribution < -0.4 is 15.5 Å². The molecule has 2 unspecified atom stereocenters. The number of rotatable bonds is 8. The van der Waals surface area contributed by atoms with Gasteiger partial charge >= 0.3 is 0 Å². The lowest BCUT2D eigenvalue weighted by Gasteiger charge is -2.37. The zero-order valence-corrected chi connectivity index (χ0v) is 19.3. The van der Waals surface area contributed by atoms with Gasteiger partial charge in [-0.2, -0.15) is 15.2 Å². The molecular formula is C24H38N6O. The number of aliphatic hydroxyl groups is 1. The quantitative estimate of drug-likeness (QED) is 0.568. The molecule has 31 heavy (non-hydrogen) atoms. The molecule has 4 rings (SSSR count). The summed E-state index contributed by atoms with van der Waals surface area (Å²) in [6.07, 6.45) is 9.71. The van der Waals surface area contributed by atoms with Gasteiger partial charge in [0.25, 0.3) is 0 Å². The van der Waals surface area contributed by atoms with Gasteiger partial charge in [0.05, 0.1) is 0 Å². The van der Waals surface area contributed by atoms with Crippen molar-refractivity contribution in [3.63, 3.8) is 0 Å². The van der Waals surface area contributed by atoms with Gasteiger partial charge in [-0.25, -0.2) is 0 Å². The maximum atomic E-state index is 10.1. The van der Waals surface area contributed by atoms with E-state index in [4.69, 9.17) is 0 Å². The Balaban J connectivity index is 1.66. The van der Waals surface area contributed by atoms with Gasteiger partial charge in [0.1, 0.15) is 17.9 Å². The Morgan fingerprint density at radius 2 is 1.97 bits per heavy atom. The summed E-state index contributed by atoms with van der Waals surface area (Å²) >= 11 is 0. The Bertz CT molecular complexity index is 792. The van der Waals surface area contributed by atoms with E-state index in [1.165, 1.54) is 44.9 Å². The van der Waals surface area contributed by atoms with Gasteiger partial charge in [-0.1, -0.05) is 33.1 Å².